The minimum absolute atomic E-state index is 0.0242. The van der Waals surface area contributed by atoms with E-state index in [2.05, 4.69) is 56.0 Å². The molecule has 10 nitrogen and oxygen atoms in total. The molecule has 1 saturated carbocycles. The van der Waals surface area contributed by atoms with E-state index in [1.165, 1.54) is 11.8 Å². The topological polar surface area (TPSA) is 97.6 Å². The molecule has 0 atom stereocenters. The maximum atomic E-state index is 12.2. The average molecular weight is 906 g/mol. The summed E-state index contributed by atoms with van der Waals surface area (Å²) in [4.78, 5) is 21.3. The lowest BCUT2D eigenvalue weighted by atomic mass is 10.1. The van der Waals surface area contributed by atoms with E-state index >= 15 is 0 Å². The molecule has 1 saturated heterocycles. The van der Waals surface area contributed by atoms with Crippen molar-refractivity contribution < 1.29 is 14.3 Å². The van der Waals surface area contributed by atoms with Crippen molar-refractivity contribution in [3.05, 3.63) is 59.7 Å². The number of thiol groups is 9. The van der Waals surface area contributed by atoms with Gasteiger partial charge in [0.2, 0.25) is 0 Å². The number of carbonyl (C=O) groups is 1. The number of hydrogen-bond acceptors (Lipinski definition) is 18. The number of hydrogen-bond donors (Lipinski definition) is 10. The van der Waals surface area contributed by atoms with Gasteiger partial charge in [0.05, 0.1) is 11.9 Å². The van der Waals surface area contributed by atoms with Crippen molar-refractivity contribution in [1.29, 1.82) is 0 Å². The van der Waals surface area contributed by atoms with Gasteiger partial charge in [0, 0.05) is 57.1 Å². The molecule has 1 aliphatic carbocycles. The van der Waals surface area contributed by atoms with Crippen LogP contribution in [-0.2, 0) is 11.3 Å². The number of aromatic nitrogens is 4. The summed E-state index contributed by atoms with van der Waals surface area (Å²) in [7, 11) is 0. The molecule has 1 aliphatic heterocycles. The van der Waals surface area contributed by atoms with Crippen LogP contribution >= 0.6 is 125 Å². The van der Waals surface area contributed by atoms with Crippen LogP contribution in [0, 0.1) is 18.8 Å². The lowest BCUT2D eigenvalue weighted by molar-refractivity contribution is 0.108. The van der Waals surface area contributed by atoms with Crippen LogP contribution in [0.3, 0.4) is 0 Å². The van der Waals surface area contributed by atoms with E-state index in [0.29, 0.717) is 35.0 Å². The van der Waals surface area contributed by atoms with Crippen LogP contribution in [0.4, 0.5) is 4.79 Å². The SMILES string of the molecule is Cc1cc(OCc2nnc(SC3(S)C(S)(S)C(S)(S)C(S)(S)C3(S)S)n2-c2cccnc2)ccc1C#CCOC(=O)NCCN1CCN(C(C)C)CC1. The van der Waals surface area contributed by atoms with Crippen LogP contribution in [0.25, 0.3) is 5.69 Å². The van der Waals surface area contributed by atoms with E-state index in [4.69, 9.17) is 123 Å². The zero-order chi connectivity index (χ0) is 38.8. The minimum Gasteiger partial charge on any atom is -0.486 e. The van der Waals surface area contributed by atoms with Gasteiger partial charge in [0.1, 0.15) is 32.8 Å². The maximum Gasteiger partial charge on any atom is 0.408 e. The van der Waals surface area contributed by atoms with E-state index in [9.17, 15) is 4.79 Å². The molecule has 0 bridgehead atoms. The quantitative estimate of drug-likeness (QED) is 0.0686. The zero-order valence-electron chi connectivity index (χ0n) is 29.1. The van der Waals surface area contributed by atoms with E-state index in [0.717, 1.165) is 43.9 Å². The second kappa shape index (κ2) is 17.6. The summed E-state index contributed by atoms with van der Waals surface area (Å²) in [6.07, 6.45) is 2.88. The molecule has 1 N–H and O–H groups in total. The summed E-state index contributed by atoms with van der Waals surface area (Å²) in [5.74, 6) is 7.08. The molecule has 20 heteroatoms. The number of nitrogens with zero attached hydrogens (tertiary/aromatic N) is 6. The van der Waals surface area contributed by atoms with Gasteiger partial charge in [-0.25, -0.2) is 4.79 Å². The van der Waals surface area contributed by atoms with Crippen molar-refractivity contribution in [3.63, 3.8) is 0 Å². The number of nitrogens with one attached hydrogen (secondary N) is 1. The van der Waals surface area contributed by atoms with Crippen molar-refractivity contribution in [2.75, 3.05) is 45.9 Å². The van der Waals surface area contributed by atoms with Crippen molar-refractivity contribution in [2.45, 2.75) is 59.0 Å². The number of thioether (sulfide) groups is 1. The molecule has 1 aromatic carbocycles. The molecule has 2 aliphatic rings. The number of benzene rings is 1. The van der Waals surface area contributed by atoms with Gasteiger partial charge in [-0.15, -0.1) is 10.2 Å². The number of pyridine rings is 1. The van der Waals surface area contributed by atoms with Gasteiger partial charge in [0.25, 0.3) is 0 Å². The lowest BCUT2D eigenvalue weighted by Gasteiger charge is -2.43. The Morgan fingerprint density at radius 2 is 1.64 bits per heavy atom. The highest BCUT2D eigenvalue weighted by atomic mass is 32.2. The molecule has 3 aromatic rings. The molecule has 1 amide bonds. The first kappa shape index (κ1) is 43.7. The smallest absolute Gasteiger partial charge is 0.408 e. The van der Waals surface area contributed by atoms with Gasteiger partial charge in [-0.05, 0) is 56.7 Å². The Hall–Kier alpha value is -0.440. The van der Waals surface area contributed by atoms with Crippen molar-refractivity contribution in [3.8, 4) is 23.3 Å². The molecule has 288 valence electrons. The van der Waals surface area contributed by atoms with E-state index in [1.54, 1.807) is 23.0 Å². The molecular formula is C33H43N7O3S10. The van der Waals surface area contributed by atoms with Crippen molar-refractivity contribution >= 4 is 132 Å². The number of amides is 1. The average Bonchev–Trinajstić information content (AvgIpc) is 3.53. The Bertz CT molecular complexity index is 1800. The van der Waals surface area contributed by atoms with Crippen LogP contribution < -0.4 is 10.1 Å². The highest BCUT2D eigenvalue weighted by Gasteiger charge is 2.81. The third-order valence-corrected chi connectivity index (χ3v) is 20.2. The Morgan fingerprint density at radius 1 is 0.962 bits per heavy atom. The summed E-state index contributed by atoms with van der Waals surface area (Å²) in [6, 6.07) is 9.79. The first-order chi connectivity index (χ1) is 24.8. The Morgan fingerprint density at radius 3 is 2.25 bits per heavy atom. The zero-order valence-corrected chi connectivity index (χ0v) is 38.0. The summed E-state index contributed by atoms with van der Waals surface area (Å²) < 4.78 is 6.53. The van der Waals surface area contributed by atoms with Gasteiger partial charge in [-0.1, -0.05) is 23.6 Å². The summed E-state index contributed by atoms with van der Waals surface area (Å²) in [6.45, 7) is 11.8. The number of alkyl carbamates (subject to hydrolysis) is 1. The standard InChI is InChI=1S/C33H43N7O3S10/c1-21(2)39-15-13-38(14-16-39)12-11-35-28(41)42-17-5-6-23-8-9-25(18-22(23)3)43-20-26-36-37-27(40(26)24-7-4-10-34-19-24)53-33(52)31(48,49)29(44,45)30(46,47)32(33,50)51/h4,7-10,18-19,21,44-52H,11-17,20H2,1-3H3,(H,35,41). The number of carbonyl (C=O) groups excluding carboxylic acids is 1. The first-order valence-corrected chi connectivity index (χ1v) is 21.3. The van der Waals surface area contributed by atoms with Crippen LogP contribution in [-0.4, -0.2) is 108 Å². The third-order valence-electron chi connectivity index (χ3n) is 9.15. The molecule has 2 fully saturated rings. The van der Waals surface area contributed by atoms with Crippen molar-refractivity contribution in [1.82, 2.24) is 34.9 Å². The van der Waals surface area contributed by atoms with Gasteiger partial charge >= 0.3 is 6.09 Å². The van der Waals surface area contributed by atoms with Crippen LogP contribution in [0.15, 0.2) is 47.9 Å². The predicted octanol–water partition coefficient (Wildman–Crippen LogP) is 5.61. The largest absolute Gasteiger partial charge is 0.486 e. The minimum atomic E-state index is -1.36. The second-order valence-electron chi connectivity index (χ2n) is 12.9. The first-order valence-electron chi connectivity index (χ1n) is 16.5. The Labute approximate surface area is 365 Å². The molecule has 2 aromatic heterocycles. The summed E-state index contributed by atoms with van der Waals surface area (Å²) in [5.41, 5.74) is 2.36. The fourth-order valence-corrected chi connectivity index (χ4v) is 12.6. The number of aryl methyl sites for hydroxylation is 1. The van der Waals surface area contributed by atoms with Crippen LogP contribution in [0.2, 0.25) is 0 Å². The van der Waals surface area contributed by atoms with Crippen molar-refractivity contribution in [2.24, 2.45) is 0 Å². The van der Waals surface area contributed by atoms with Crippen LogP contribution in [0.5, 0.6) is 5.75 Å². The third kappa shape index (κ3) is 8.86. The number of rotatable bonds is 11. The van der Waals surface area contributed by atoms with E-state index in [1.807, 2.05) is 31.2 Å². The fraction of sp³-hybridized carbons (Fsp3) is 0.515. The summed E-state index contributed by atoms with van der Waals surface area (Å²) >= 11 is 44.7. The fourth-order valence-electron chi connectivity index (χ4n) is 5.80. The molecule has 0 unspecified atom stereocenters. The molecule has 5 rings (SSSR count). The van der Waals surface area contributed by atoms with Gasteiger partial charge in [0.15, 0.2) is 17.6 Å². The number of ether oxygens (including phenoxy) is 2. The Balaban J connectivity index is 1.20. The summed E-state index contributed by atoms with van der Waals surface area (Å²) in [5, 5.41) is 12.2. The number of piperazine rings is 1. The van der Waals surface area contributed by atoms with E-state index < -0.39 is 26.5 Å². The van der Waals surface area contributed by atoms with Gasteiger partial charge < -0.3 is 14.8 Å². The predicted molar refractivity (Wildman–Crippen MR) is 244 cm³/mol. The van der Waals surface area contributed by atoms with Gasteiger partial charge in [-0.3, -0.25) is 19.4 Å². The maximum absolute atomic E-state index is 12.2. The molecule has 3 heterocycles. The molecule has 0 radical (unpaired) electrons. The normalized spacial score (nSPS) is 20.1. The lowest BCUT2D eigenvalue weighted by Crippen LogP contribution is -2.50. The highest BCUT2D eigenvalue weighted by molar-refractivity contribution is 8.21. The Kier molecular flexibility index (Phi) is 14.5. The molecule has 0 spiro atoms. The van der Waals surface area contributed by atoms with Crippen LogP contribution in [0.1, 0.15) is 30.8 Å². The van der Waals surface area contributed by atoms with Gasteiger partial charge in [-0.2, -0.15) is 114 Å². The molecule has 53 heavy (non-hydrogen) atoms. The monoisotopic (exact) mass is 905 g/mol. The highest BCUT2D eigenvalue weighted by Crippen LogP contribution is 2.78. The van der Waals surface area contributed by atoms with E-state index in [-0.39, 0.29) is 13.2 Å². The second-order valence-corrected chi connectivity index (χ2v) is 21.9. The molecular weight excluding hydrogens is 863 g/mol.